The first-order valence-electron chi connectivity index (χ1n) is 9.17. The lowest BCUT2D eigenvalue weighted by Gasteiger charge is -2.33. The Bertz CT molecular complexity index is 1170. The number of alkyl halides is 3. The maximum atomic E-state index is 13.5. The number of carbonyl (C=O) groups is 1. The molecule has 2 N–H and O–H groups in total. The minimum atomic E-state index is -5.09. The summed E-state index contributed by atoms with van der Waals surface area (Å²) in [5, 5.41) is 15.0. The van der Waals surface area contributed by atoms with Gasteiger partial charge in [-0.05, 0) is 32.1 Å². The lowest BCUT2D eigenvalue weighted by molar-refractivity contribution is -0.283. The summed E-state index contributed by atoms with van der Waals surface area (Å²) >= 11 is 0. The second kappa shape index (κ2) is 6.84. The molecule has 30 heavy (non-hydrogen) atoms. The first-order valence-corrected chi connectivity index (χ1v) is 9.17. The van der Waals surface area contributed by atoms with Gasteiger partial charge in [0.2, 0.25) is 0 Å². The summed E-state index contributed by atoms with van der Waals surface area (Å²) in [4.78, 5) is 17.7. The molecule has 156 valence electrons. The molecular weight excluding hydrogens is 399 g/mol. The molecule has 4 rings (SSSR count). The Morgan fingerprint density at radius 1 is 1.30 bits per heavy atom. The molecule has 0 aliphatic carbocycles. The van der Waals surface area contributed by atoms with Gasteiger partial charge < -0.3 is 5.11 Å². The first kappa shape index (κ1) is 19.9. The van der Waals surface area contributed by atoms with Gasteiger partial charge in [0.25, 0.3) is 11.6 Å². The highest BCUT2D eigenvalue weighted by molar-refractivity contribution is 6.07. The monoisotopic (exact) mass is 417 g/mol. The molecule has 3 aromatic rings. The zero-order valence-electron chi connectivity index (χ0n) is 16.1. The van der Waals surface area contributed by atoms with Crippen LogP contribution in [0.4, 0.5) is 13.2 Å². The summed E-state index contributed by atoms with van der Waals surface area (Å²) in [5.74, 6) is -1.04. The lowest BCUT2D eigenvalue weighted by Crippen LogP contribution is -2.60. The number of benzene rings is 1. The topological polar surface area (TPSA) is 83.3 Å². The zero-order chi connectivity index (χ0) is 21.7. The Kier molecular flexibility index (Phi) is 4.53. The van der Waals surface area contributed by atoms with E-state index < -0.39 is 17.8 Å². The van der Waals surface area contributed by atoms with Gasteiger partial charge in [-0.15, -0.1) is 0 Å². The highest BCUT2D eigenvalue weighted by Crippen LogP contribution is 2.37. The molecule has 1 aliphatic heterocycles. The van der Waals surface area contributed by atoms with Crippen LogP contribution in [0.5, 0.6) is 0 Å². The molecule has 0 fully saturated rings. The molecule has 0 spiro atoms. The molecule has 0 saturated carbocycles. The van der Waals surface area contributed by atoms with Crippen molar-refractivity contribution in [3.8, 4) is 11.3 Å². The van der Waals surface area contributed by atoms with Crippen LogP contribution in [-0.4, -0.2) is 42.7 Å². The van der Waals surface area contributed by atoms with Gasteiger partial charge in [-0.2, -0.15) is 18.3 Å². The molecule has 0 bridgehead atoms. The number of aliphatic hydroxyl groups is 1. The fourth-order valence-corrected chi connectivity index (χ4v) is 3.46. The van der Waals surface area contributed by atoms with E-state index in [0.717, 1.165) is 11.9 Å². The predicted octanol–water partition coefficient (Wildman–Crippen LogP) is 3.15. The molecule has 1 atom stereocenters. The minimum Gasteiger partial charge on any atom is -0.359 e. The van der Waals surface area contributed by atoms with E-state index in [4.69, 9.17) is 0 Å². The van der Waals surface area contributed by atoms with E-state index in [1.165, 1.54) is 6.07 Å². The number of rotatable bonds is 3. The van der Waals surface area contributed by atoms with Crippen molar-refractivity contribution in [3.05, 3.63) is 60.1 Å². The average molecular weight is 417 g/mol. The summed E-state index contributed by atoms with van der Waals surface area (Å²) in [6.07, 6.45) is -2.12. The van der Waals surface area contributed by atoms with Gasteiger partial charge in [0.15, 0.2) is 0 Å². The van der Waals surface area contributed by atoms with Gasteiger partial charge in [-0.25, -0.2) is 9.99 Å². The van der Waals surface area contributed by atoms with Crippen molar-refractivity contribution in [1.29, 1.82) is 0 Å². The number of hydrazine groups is 1. The van der Waals surface area contributed by atoms with Crippen LogP contribution in [0.25, 0.3) is 22.2 Å². The second-order valence-corrected chi connectivity index (χ2v) is 6.86. The summed E-state index contributed by atoms with van der Waals surface area (Å²) in [7, 11) is 0. The maximum Gasteiger partial charge on any atom is 0.442 e. The van der Waals surface area contributed by atoms with Crippen LogP contribution in [0.2, 0.25) is 0 Å². The van der Waals surface area contributed by atoms with Gasteiger partial charge in [-0.1, -0.05) is 18.2 Å². The van der Waals surface area contributed by atoms with Crippen LogP contribution < -0.4 is 5.43 Å². The van der Waals surface area contributed by atoms with Crippen LogP contribution in [0.1, 0.15) is 23.0 Å². The third kappa shape index (κ3) is 2.91. The molecule has 1 aromatic carbocycles. The predicted molar refractivity (Wildman–Crippen MR) is 103 cm³/mol. The third-order valence-corrected chi connectivity index (χ3v) is 5.11. The van der Waals surface area contributed by atoms with Gasteiger partial charge in [0, 0.05) is 29.4 Å². The minimum absolute atomic E-state index is 0.0295. The van der Waals surface area contributed by atoms with Gasteiger partial charge in [-0.3, -0.25) is 14.9 Å². The number of hydrogen-bond acceptors (Lipinski definition) is 5. The van der Waals surface area contributed by atoms with Crippen molar-refractivity contribution >= 4 is 16.8 Å². The van der Waals surface area contributed by atoms with Crippen LogP contribution in [0, 0.1) is 6.92 Å². The second-order valence-electron chi connectivity index (χ2n) is 6.86. The highest BCUT2D eigenvalue weighted by atomic mass is 19.4. The Morgan fingerprint density at radius 2 is 2.03 bits per heavy atom. The van der Waals surface area contributed by atoms with Crippen molar-refractivity contribution in [3.63, 3.8) is 0 Å². The van der Waals surface area contributed by atoms with Gasteiger partial charge in [0.05, 0.1) is 23.0 Å². The van der Waals surface area contributed by atoms with E-state index in [9.17, 15) is 23.1 Å². The number of nitrogens with one attached hydrogen (secondary N) is 1. The SMILES string of the molecule is CCn1ncc(-c2cc(C(=O)N3NC=C[C@]3(O)C(F)(F)F)c3ccccc3n2)c1C. The van der Waals surface area contributed by atoms with Crippen molar-refractivity contribution < 1.29 is 23.1 Å². The lowest BCUT2D eigenvalue weighted by atomic mass is 10.0. The van der Waals surface area contributed by atoms with Crippen LogP contribution in [-0.2, 0) is 6.54 Å². The third-order valence-electron chi connectivity index (χ3n) is 5.11. The van der Waals surface area contributed by atoms with E-state index in [0.29, 0.717) is 34.8 Å². The number of fused-ring (bicyclic) bond motifs is 1. The Hall–Kier alpha value is -3.40. The number of halogens is 3. The van der Waals surface area contributed by atoms with Crippen molar-refractivity contribution in [2.24, 2.45) is 0 Å². The first-order chi connectivity index (χ1) is 14.2. The Labute approximate surface area is 169 Å². The molecular formula is C20H18F3N5O2. The maximum absolute atomic E-state index is 13.5. The van der Waals surface area contributed by atoms with Gasteiger partial charge in [0.1, 0.15) is 0 Å². The number of aromatic nitrogens is 3. The number of nitrogens with zero attached hydrogens (tertiary/aromatic N) is 4. The van der Waals surface area contributed by atoms with Crippen molar-refractivity contribution in [2.75, 3.05) is 0 Å². The molecule has 0 unspecified atom stereocenters. The smallest absolute Gasteiger partial charge is 0.359 e. The number of hydrogen-bond donors (Lipinski definition) is 2. The molecule has 0 radical (unpaired) electrons. The standard InChI is InChI=1S/C20H18F3N5O2/c1-3-27-12(2)15(11-25-27)17-10-14(13-6-4-5-7-16(13)26-17)18(29)28-19(30,8-9-24-28)20(21,22)23/h4-11,24,30H,3H2,1-2H3/t19-/m0/s1. The number of amides is 1. The fourth-order valence-electron chi connectivity index (χ4n) is 3.46. The number of pyridine rings is 1. The van der Waals surface area contributed by atoms with Crippen LogP contribution in [0.3, 0.4) is 0 Å². The van der Waals surface area contributed by atoms with E-state index in [1.807, 2.05) is 13.8 Å². The fraction of sp³-hybridized carbons (Fsp3) is 0.250. The summed E-state index contributed by atoms with van der Waals surface area (Å²) in [5.41, 5.74) is 1.02. The van der Waals surface area contributed by atoms with E-state index in [-0.39, 0.29) is 10.6 Å². The molecule has 1 aliphatic rings. The summed E-state index contributed by atoms with van der Waals surface area (Å²) < 4.78 is 42.1. The Balaban J connectivity index is 1.88. The van der Waals surface area contributed by atoms with E-state index in [1.54, 1.807) is 35.1 Å². The van der Waals surface area contributed by atoms with E-state index >= 15 is 0 Å². The largest absolute Gasteiger partial charge is 0.442 e. The van der Waals surface area contributed by atoms with Crippen molar-refractivity contribution in [2.45, 2.75) is 32.3 Å². The molecule has 2 aromatic heterocycles. The summed E-state index contributed by atoms with van der Waals surface area (Å²) in [6.45, 7) is 4.41. The normalized spacial score (nSPS) is 18.8. The van der Waals surface area contributed by atoms with Crippen molar-refractivity contribution in [1.82, 2.24) is 25.2 Å². The number of para-hydroxylation sites is 1. The van der Waals surface area contributed by atoms with Gasteiger partial charge >= 0.3 is 6.18 Å². The quantitative estimate of drug-likeness (QED) is 0.684. The molecule has 10 heteroatoms. The average Bonchev–Trinajstić information content (AvgIpc) is 3.29. The molecule has 0 saturated heterocycles. The van der Waals surface area contributed by atoms with E-state index in [2.05, 4.69) is 15.5 Å². The van der Waals surface area contributed by atoms with Crippen LogP contribution in [0.15, 0.2) is 48.8 Å². The Morgan fingerprint density at radius 3 is 2.70 bits per heavy atom. The molecule has 3 heterocycles. The number of carbonyl (C=O) groups excluding carboxylic acids is 1. The number of aryl methyl sites for hydroxylation is 1. The molecule has 7 nitrogen and oxygen atoms in total. The highest BCUT2D eigenvalue weighted by Gasteiger charge is 2.60. The summed E-state index contributed by atoms with van der Waals surface area (Å²) in [6, 6.07) is 8.06. The molecule has 1 amide bonds. The zero-order valence-corrected chi connectivity index (χ0v) is 16.1. The van der Waals surface area contributed by atoms with Crippen LogP contribution >= 0.6 is 0 Å².